The fourth-order valence-electron chi connectivity index (χ4n) is 3.72. The number of halogens is 5. The summed E-state index contributed by atoms with van der Waals surface area (Å²) in [5, 5.41) is 10.1. The highest BCUT2D eigenvalue weighted by Crippen LogP contribution is 2.44. The van der Waals surface area contributed by atoms with E-state index in [4.69, 9.17) is 32.7 Å². The lowest BCUT2D eigenvalue weighted by molar-refractivity contribution is -0.173. The second-order valence-electron chi connectivity index (χ2n) is 7.54. The third kappa shape index (κ3) is 4.74. The van der Waals surface area contributed by atoms with Crippen molar-refractivity contribution in [1.29, 1.82) is 0 Å². The second-order valence-corrected chi connectivity index (χ2v) is 8.36. The third-order valence-electron chi connectivity index (χ3n) is 5.43. The van der Waals surface area contributed by atoms with Crippen molar-refractivity contribution >= 4 is 40.6 Å². The van der Waals surface area contributed by atoms with Gasteiger partial charge >= 0.3 is 6.18 Å². The lowest BCUT2D eigenvalue weighted by atomic mass is 9.97. The Labute approximate surface area is 202 Å². The van der Waals surface area contributed by atoms with Gasteiger partial charge in [0, 0.05) is 18.6 Å². The number of fused-ring (bicyclic) bond motifs is 1. The van der Waals surface area contributed by atoms with Gasteiger partial charge in [0.1, 0.15) is 17.3 Å². The molecule has 0 radical (unpaired) electrons. The Kier molecular flexibility index (Phi) is 6.55. The zero-order valence-electron chi connectivity index (χ0n) is 17.9. The Balaban J connectivity index is 1.64. The highest BCUT2D eigenvalue weighted by atomic mass is 35.5. The fraction of sp³-hybridized carbons (Fsp3) is 0.273. The zero-order chi connectivity index (χ0) is 24.6. The predicted molar refractivity (Wildman–Crippen MR) is 122 cm³/mol. The van der Waals surface area contributed by atoms with E-state index in [0.717, 1.165) is 4.68 Å². The fourth-order valence-corrected chi connectivity index (χ4v) is 4.03. The number of aromatic nitrogens is 2. The van der Waals surface area contributed by atoms with Crippen LogP contribution in [0.2, 0.25) is 10.0 Å². The minimum atomic E-state index is -4.59. The van der Waals surface area contributed by atoms with E-state index < -0.39 is 24.2 Å². The summed E-state index contributed by atoms with van der Waals surface area (Å²) in [6, 6.07) is 7.99. The number of amides is 1. The van der Waals surface area contributed by atoms with Crippen LogP contribution in [-0.2, 0) is 0 Å². The largest absolute Gasteiger partial charge is 0.497 e. The topological polar surface area (TPSA) is 77.4 Å². The van der Waals surface area contributed by atoms with Crippen molar-refractivity contribution in [3.8, 4) is 11.5 Å². The molecule has 34 heavy (non-hydrogen) atoms. The molecule has 0 unspecified atom stereocenters. The number of hydrogen-bond acceptors (Lipinski definition) is 5. The van der Waals surface area contributed by atoms with Crippen LogP contribution >= 0.6 is 23.2 Å². The summed E-state index contributed by atoms with van der Waals surface area (Å²) < 4.78 is 52.9. The number of ether oxygens (including phenoxy) is 2. The van der Waals surface area contributed by atoms with Crippen molar-refractivity contribution in [3.05, 3.63) is 63.8 Å². The van der Waals surface area contributed by atoms with Gasteiger partial charge in [-0.1, -0.05) is 29.3 Å². The van der Waals surface area contributed by atoms with Crippen LogP contribution in [0.25, 0.3) is 0 Å². The summed E-state index contributed by atoms with van der Waals surface area (Å²) in [7, 11) is 2.90. The highest BCUT2D eigenvalue weighted by molar-refractivity contribution is 6.42. The summed E-state index contributed by atoms with van der Waals surface area (Å²) in [6.07, 6.45) is -4.94. The number of alkyl halides is 3. The minimum Gasteiger partial charge on any atom is -0.497 e. The van der Waals surface area contributed by atoms with E-state index >= 15 is 0 Å². The van der Waals surface area contributed by atoms with Crippen LogP contribution < -0.4 is 20.1 Å². The van der Waals surface area contributed by atoms with E-state index in [9.17, 15) is 18.0 Å². The van der Waals surface area contributed by atoms with Gasteiger partial charge in [-0.3, -0.25) is 4.79 Å². The number of carbonyl (C=O) groups excluding carboxylic acids is 1. The standard InChI is InChI=1S/C22H19Cl2F3N4O3/c1-33-12-4-6-15(18(8-12)34-2)29-21(32)17-10-20-28-16(11-3-5-13(23)14(24)7-11)9-19(22(25,26)27)31(20)30-17/h3-8,10,16,19,28H,9H2,1-2H3,(H,29,32)/t16-,19+/m1/s1. The lowest BCUT2D eigenvalue weighted by Crippen LogP contribution is -2.35. The number of anilines is 2. The molecule has 0 aliphatic carbocycles. The number of nitrogens with zero attached hydrogens (tertiary/aromatic N) is 2. The molecule has 4 rings (SSSR count). The molecule has 0 bridgehead atoms. The van der Waals surface area contributed by atoms with Gasteiger partial charge in [-0.25, -0.2) is 4.68 Å². The number of nitrogens with one attached hydrogen (secondary N) is 2. The summed E-state index contributed by atoms with van der Waals surface area (Å²) in [5.74, 6) is 0.191. The highest BCUT2D eigenvalue weighted by Gasteiger charge is 2.47. The minimum absolute atomic E-state index is 0.0523. The number of carbonyl (C=O) groups is 1. The van der Waals surface area contributed by atoms with Crippen molar-refractivity contribution in [2.75, 3.05) is 24.9 Å². The zero-order valence-corrected chi connectivity index (χ0v) is 19.4. The summed E-state index contributed by atoms with van der Waals surface area (Å²) in [4.78, 5) is 12.8. The maximum Gasteiger partial charge on any atom is 0.410 e. The maximum atomic E-state index is 13.9. The summed E-state index contributed by atoms with van der Waals surface area (Å²) in [6.45, 7) is 0. The number of benzene rings is 2. The Morgan fingerprint density at radius 3 is 2.53 bits per heavy atom. The average molecular weight is 515 g/mol. The number of hydrogen-bond donors (Lipinski definition) is 2. The first-order chi connectivity index (χ1) is 16.1. The van der Waals surface area contributed by atoms with Crippen molar-refractivity contribution in [2.24, 2.45) is 0 Å². The Morgan fingerprint density at radius 2 is 1.88 bits per heavy atom. The molecule has 0 saturated heterocycles. The van der Waals surface area contributed by atoms with Gasteiger partial charge in [-0.05, 0) is 29.8 Å². The molecule has 12 heteroatoms. The third-order valence-corrected chi connectivity index (χ3v) is 6.16. The van der Waals surface area contributed by atoms with Crippen LogP contribution in [0, 0.1) is 0 Å². The van der Waals surface area contributed by atoms with Crippen LogP contribution in [0.5, 0.6) is 11.5 Å². The predicted octanol–water partition coefficient (Wildman–Crippen LogP) is 6.12. The van der Waals surface area contributed by atoms with E-state index in [1.54, 1.807) is 24.3 Å². The molecule has 1 aliphatic rings. The number of methoxy groups -OCH3 is 2. The normalized spacial score (nSPS) is 17.5. The van der Waals surface area contributed by atoms with Crippen LogP contribution in [0.1, 0.15) is 34.6 Å². The Bertz CT molecular complexity index is 1230. The Morgan fingerprint density at radius 1 is 1.12 bits per heavy atom. The summed E-state index contributed by atoms with van der Waals surface area (Å²) in [5.41, 5.74) is 0.655. The second kappa shape index (κ2) is 9.27. The molecule has 0 spiro atoms. The molecule has 2 atom stereocenters. The molecular weight excluding hydrogens is 496 g/mol. The molecule has 0 saturated carbocycles. The molecule has 1 aliphatic heterocycles. The van der Waals surface area contributed by atoms with Crippen LogP contribution in [0.15, 0.2) is 42.5 Å². The van der Waals surface area contributed by atoms with Crippen molar-refractivity contribution in [3.63, 3.8) is 0 Å². The van der Waals surface area contributed by atoms with Gasteiger partial charge in [0.25, 0.3) is 5.91 Å². The molecule has 1 aromatic heterocycles. The monoisotopic (exact) mass is 514 g/mol. The van der Waals surface area contributed by atoms with E-state index in [-0.39, 0.29) is 23.0 Å². The smallest absolute Gasteiger partial charge is 0.410 e. The molecule has 0 fully saturated rings. The Hall–Kier alpha value is -3.11. The van der Waals surface area contributed by atoms with Gasteiger partial charge in [0.15, 0.2) is 11.7 Å². The van der Waals surface area contributed by atoms with Gasteiger partial charge < -0.3 is 20.1 Å². The quantitative estimate of drug-likeness (QED) is 0.428. The van der Waals surface area contributed by atoms with Crippen LogP contribution in [-0.4, -0.2) is 36.1 Å². The molecule has 1 amide bonds. The van der Waals surface area contributed by atoms with Gasteiger partial charge in [0.2, 0.25) is 0 Å². The van der Waals surface area contributed by atoms with E-state index in [2.05, 4.69) is 15.7 Å². The first kappa shape index (κ1) is 24.0. The molecule has 2 aromatic carbocycles. The van der Waals surface area contributed by atoms with Gasteiger partial charge in [-0.15, -0.1) is 0 Å². The maximum absolute atomic E-state index is 13.9. The van der Waals surface area contributed by atoms with Gasteiger partial charge in [0.05, 0.1) is 36.0 Å². The summed E-state index contributed by atoms with van der Waals surface area (Å²) >= 11 is 12.0. The molecule has 7 nitrogen and oxygen atoms in total. The number of rotatable bonds is 5. The molecule has 180 valence electrons. The van der Waals surface area contributed by atoms with Crippen LogP contribution in [0.3, 0.4) is 0 Å². The van der Waals surface area contributed by atoms with Crippen molar-refractivity contribution in [2.45, 2.75) is 24.7 Å². The van der Waals surface area contributed by atoms with E-state index in [0.29, 0.717) is 27.8 Å². The van der Waals surface area contributed by atoms with Gasteiger partial charge in [-0.2, -0.15) is 18.3 Å². The van der Waals surface area contributed by atoms with Crippen molar-refractivity contribution < 1.29 is 27.4 Å². The molecular formula is C22H19Cl2F3N4O3. The molecule has 2 N–H and O–H groups in total. The van der Waals surface area contributed by atoms with E-state index in [1.807, 2.05) is 0 Å². The molecule has 3 aromatic rings. The SMILES string of the molecule is COc1ccc(NC(=O)c2cc3n(n2)[C@H](C(F)(F)F)C[C@H](c2ccc(Cl)c(Cl)c2)N3)c(OC)c1. The van der Waals surface area contributed by atoms with Crippen LogP contribution in [0.4, 0.5) is 24.7 Å². The average Bonchev–Trinajstić information content (AvgIpc) is 3.24. The first-order valence-corrected chi connectivity index (χ1v) is 10.8. The molecule has 2 heterocycles. The first-order valence-electron chi connectivity index (χ1n) is 10.0. The van der Waals surface area contributed by atoms with Crippen molar-refractivity contribution in [1.82, 2.24) is 9.78 Å². The lowest BCUT2D eigenvalue weighted by Gasteiger charge is -2.33. The van der Waals surface area contributed by atoms with E-state index in [1.165, 1.54) is 32.4 Å².